The fraction of sp³-hybridized carbons (Fsp3) is 0.238. The van der Waals surface area contributed by atoms with Gasteiger partial charge in [0.05, 0.1) is 29.3 Å². The number of hydrazine groups is 1. The Balaban J connectivity index is 1.78. The number of para-hydroxylation sites is 1. The Hall–Kier alpha value is -2.59. The summed E-state index contributed by atoms with van der Waals surface area (Å²) in [5.41, 5.74) is 4.61. The molecule has 0 unspecified atom stereocenters. The summed E-state index contributed by atoms with van der Waals surface area (Å²) >= 11 is 12.5. The van der Waals surface area contributed by atoms with E-state index in [0.29, 0.717) is 21.4 Å². The first kappa shape index (κ1) is 22.6. The molecule has 1 N–H and O–H groups in total. The zero-order chi connectivity index (χ0) is 22.9. The number of methoxy groups -OCH3 is 1. The van der Waals surface area contributed by atoms with Crippen LogP contribution in [-0.2, 0) is 9.84 Å². The number of benzene rings is 2. The van der Waals surface area contributed by atoms with E-state index in [-0.39, 0.29) is 36.0 Å². The summed E-state index contributed by atoms with van der Waals surface area (Å²) in [6.45, 7) is 0.400. The summed E-state index contributed by atoms with van der Waals surface area (Å²) in [5.74, 6) is -0.292. The quantitative estimate of drug-likeness (QED) is 0.585. The minimum atomic E-state index is -3.07. The number of halogens is 2. The van der Waals surface area contributed by atoms with Crippen molar-refractivity contribution in [2.75, 3.05) is 31.7 Å². The standard InChI is InChI=1S/C21H20Cl2N4O4S/c1-31-20-18(21(28)25-26-10-12-32(29,30)13-11-26)24-27(17-5-3-2-4-16(17)23)19(20)14-6-8-15(22)9-7-14/h2-9H,10-13H2,1H3,(H,25,28). The summed E-state index contributed by atoms with van der Waals surface area (Å²) in [6.07, 6.45) is 0. The van der Waals surface area contributed by atoms with Crippen LogP contribution in [0.15, 0.2) is 48.5 Å². The van der Waals surface area contributed by atoms with Crippen LogP contribution in [0.2, 0.25) is 10.0 Å². The maximum absolute atomic E-state index is 13.1. The molecule has 168 valence electrons. The number of sulfone groups is 1. The van der Waals surface area contributed by atoms with Gasteiger partial charge in [-0.25, -0.2) is 18.1 Å². The van der Waals surface area contributed by atoms with Gasteiger partial charge in [-0.15, -0.1) is 0 Å². The minimum absolute atomic E-state index is 0.0193. The number of nitrogens with one attached hydrogen (secondary N) is 1. The molecule has 1 fully saturated rings. The normalized spacial score (nSPS) is 16.0. The van der Waals surface area contributed by atoms with Gasteiger partial charge in [0.2, 0.25) is 0 Å². The topological polar surface area (TPSA) is 93.5 Å². The second-order valence-electron chi connectivity index (χ2n) is 7.18. The number of rotatable bonds is 5. The molecule has 4 rings (SSSR count). The largest absolute Gasteiger partial charge is 0.492 e. The third-order valence-electron chi connectivity index (χ3n) is 5.06. The van der Waals surface area contributed by atoms with Gasteiger partial charge in [-0.2, -0.15) is 5.10 Å². The van der Waals surface area contributed by atoms with Crippen molar-refractivity contribution in [1.29, 1.82) is 0 Å². The SMILES string of the molecule is COc1c(C(=O)NN2CCS(=O)(=O)CC2)nn(-c2ccccc2Cl)c1-c1ccc(Cl)cc1. The van der Waals surface area contributed by atoms with E-state index in [0.717, 1.165) is 5.56 Å². The van der Waals surface area contributed by atoms with Crippen molar-refractivity contribution in [2.45, 2.75) is 0 Å². The van der Waals surface area contributed by atoms with Gasteiger partial charge in [0, 0.05) is 23.7 Å². The Kier molecular flexibility index (Phi) is 6.43. The highest BCUT2D eigenvalue weighted by molar-refractivity contribution is 7.91. The second kappa shape index (κ2) is 9.11. The highest BCUT2D eigenvalue weighted by atomic mass is 35.5. The number of carbonyl (C=O) groups excluding carboxylic acids is 1. The number of nitrogens with zero attached hydrogens (tertiary/aromatic N) is 3. The second-order valence-corrected chi connectivity index (χ2v) is 10.3. The van der Waals surface area contributed by atoms with E-state index < -0.39 is 15.7 Å². The lowest BCUT2D eigenvalue weighted by Gasteiger charge is -2.26. The first-order valence-corrected chi connectivity index (χ1v) is 12.3. The van der Waals surface area contributed by atoms with Gasteiger partial charge in [0.1, 0.15) is 5.69 Å². The Bertz CT molecular complexity index is 1250. The molecule has 8 nitrogen and oxygen atoms in total. The molecular weight excluding hydrogens is 475 g/mol. The molecule has 2 heterocycles. The number of amides is 1. The van der Waals surface area contributed by atoms with Gasteiger partial charge in [-0.3, -0.25) is 10.2 Å². The van der Waals surface area contributed by atoms with Crippen LogP contribution in [0.4, 0.5) is 0 Å². The van der Waals surface area contributed by atoms with Gasteiger partial charge < -0.3 is 4.74 Å². The molecule has 1 aromatic heterocycles. The number of carbonyl (C=O) groups is 1. The minimum Gasteiger partial charge on any atom is -0.492 e. The van der Waals surface area contributed by atoms with E-state index in [9.17, 15) is 13.2 Å². The lowest BCUT2D eigenvalue weighted by Crippen LogP contribution is -2.50. The van der Waals surface area contributed by atoms with Crippen LogP contribution >= 0.6 is 23.2 Å². The molecule has 1 amide bonds. The van der Waals surface area contributed by atoms with Gasteiger partial charge in [0.15, 0.2) is 21.3 Å². The lowest BCUT2D eigenvalue weighted by atomic mass is 10.1. The van der Waals surface area contributed by atoms with E-state index in [1.807, 2.05) is 6.07 Å². The summed E-state index contributed by atoms with van der Waals surface area (Å²) in [5, 5.41) is 7.10. The zero-order valence-corrected chi connectivity index (χ0v) is 19.4. The monoisotopic (exact) mass is 494 g/mol. The summed E-state index contributed by atoms with van der Waals surface area (Å²) in [6, 6.07) is 14.2. The van der Waals surface area contributed by atoms with Crippen molar-refractivity contribution in [3.05, 3.63) is 64.3 Å². The van der Waals surface area contributed by atoms with E-state index in [1.54, 1.807) is 52.2 Å². The molecule has 0 spiro atoms. The molecule has 0 saturated carbocycles. The zero-order valence-electron chi connectivity index (χ0n) is 17.1. The molecular formula is C21H20Cl2N4O4S. The number of ether oxygens (including phenoxy) is 1. The number of aromatic nitrogens is 2. The average molecular weight is 495 g/mol. The Morgan fingerprint density at radius 2 is 1.72 bits per heavy atom. The van der Waals surface area contributed by atoms with Gasteiger partial charge in [-0.1, -0.05) is 47.5 Å². The maximum atomic E-state index is 13.1. The van der Waals surface area contributed by atoms with Crippen molar-refractivity contribution in [3.8, 4) is 22.7 Å². The fourth-order valence-electron chi connectivity index (χ4n) is 3.43. The predicted octanol–water partition coefficient (Wildman–Crippen LogP) is 3.23. The molecule has 1 aliphatic rings. The number of hydrogen-bond acceptors (Lipinski definition) is 6. The van der Waals surface area contributed by atoms with Crippen molar-refractivity contribution in [3.63, 3.8) is 0 Å². The molecule has 0 radical (unpaired) electrons. The number of hydrogen-bond donors (Lipinski definition) is 1. The van der Waals surface area contributed by atoms with E-state index in [2.05, 4.69) is 10.5 Å². The molecule has 2 aromatic carbocycles. The van der Waals surface area contributed by atoms with Crippen LogP contribution in [0.1, 0.15) is 10.5 Å². The van der Waals surface area contributed by atoms with E-state index in [4.69, 9.17) is 27.9 Å². The maximum Gasteiger partial charge on any atom is 0.289 e. The lowest BCUT2D eigenvalue weighted by molar-refractivity contribution is 0.0793. The first-order valence-electron chi connectivity index (χ1n) is 9.73. The van der Waals surface area contributed by atoms with Crippen LogP contribution < -0.4 is 10.2 Å². The molecule has 0 atom stereocenters. The summed E-state index contributed by atoms with van der Waals surface area (Å²) in [4.78, 5) is 13.1. The smallest absolute Gasteiger partial charge is 0.289 e. The third-order valence-corrected chi connectivity index (χ3v) is 7.24. The van der Waals surface area contributed by atoms with Gasteiger partial charge in [0.25, 0.3) is 5.91 Å². The summed E-state index contributed by atoms with van der Waals surface area (Å²) in [7, 11) is -1.62. The highest BCUT2D eigenvalue weighted by Gasteiger charge is 2.29. The Morgan fingerprint density at radius 1 is 1.06 bits per heavy atom. The fourth-order valence-corrected chi connectivity index (χ4v) is 4.97. The summed E-state index contributed by atoms with van der Waals surface area (Å²) < 4.78 is 30.5. The van der Waals surface area contributed by atoms with Gasteiger partial charge in [-0.05, 0) is 24.3 Å². The molecule has 1 saturated heterocycles. The highest BCUT2D eigenvalue weighted by Crippen LogP contribution is 2.37. The Labute approximate surface area is 195 Å². The molecule has 11 heteroatoms. The molecule has 0 bridgehead atoms. The van der Waals surface area contributed by atoms with Crippen molar-refractivity contribution in [2.24, 2.45) is 0 Å². The Morgan fingerprint density at radius 3 is 2.34 bits per heavy atom. The van der Waals surface area contributed by atoms with Crippen LogP contribution in [-0.4, -0.2) is 60.8 Å². The first-order chi connectivity index (χ1) is 15.3. The van der Waals surface area contributed by atoms with Crippen molar-refractivity contribution >= 4 is 38.9 Å². The van der Waals surface area contributed by atoms with E-state index in [1.165, 1.54) is 7.11 Å². The van der Waals surface area contributed by atoms with Gasteiger partial charge >= 0.3 is 0 Å². The molecule has 3 aromatic rings. The third kappa shape index (κ3) is 4.61. The molecule has 32 heavy (non-hydrogen) atoms. The van der Waals surface area contributed by atoms with Crippen molar-refractivity contribution in [1.82, 2.24) is 20.2 Å². The predicted molar refractivity (Wildman–Crippen MR) is 123 cm³/mol. The van der Waals surface area contributed by atoms with Crippen LogP contribution in [0.25, 0.3) is 16.9 Å². The van der Waals surface area contributed by atoms with E-state index >= 15 is 0 Å². The molecule has 0 aliphatic carbocycles. The van der Waals surface area contributed by atoms with Crippen LogP contribution in [0.3, 0.4) is 0 Å². The van der Waals surface area contributed by atoms with Crippen molar-refractivity contribution < 1.29 is 17.9 Å². The molecule has 1 aliphatic heterocycles. The van der Waals surface area contributed by atoms with Crippen LogP contribution in [0, 0.1) is 0 Å². The average Bonchev–Trinajstić information content (AvgIpc) is 3.15. The van der Waals surface area contributed by atoms with Crippen LogP contribution in [0.5, 0.6) is 5.75 Å².